The van der Waals surface area contributed by atoms with Crippen LogP contribution in [0.25, 0.3) is 0 Å². The van der Waals surface area contributed by atoms with Crippen LogP contribution in [0.1, 0.15) is 58.3 Å². The number of aryl methyl sites for hydroxylation is 2. The van der Waals surface area contributed by atoms with Gasteiger partial charge in [-0.15, -0.1) is 11.3 Å². The van der Waals surface area contributed by atoms with Gasteiger partial charge in [0.25, 0.3) is 11.8 Å². The molecule has 1 aliphatic rings. The van der Waals surface area contributed by atoms with Gasteiger partial charge in [-0.2, -0.15) is 0 Å². The van der Waals surface area contributed by atoms with Gasteiger partial charge in [0.2, 0.25) is 5.91 Å². The van der Waals surface area contributed by atoms with Crippen LogP contribution in [0.3, 0.4) is 0 Å². The van der Waals surface area contributed by atoms with Crippen LogP contribution in [0.2, 0.25) is 0 Å². The molecule has 1 saturated carbocycles. The van der Waals surface area contributed by atoms with Crippen LogP contribution < -0.4 is 15.5 Å². The Kier molecular flexibility index (Phi) is 7.47. The van der Waals surface area contributed by atoms with Crippen LogP contribution in [0.5, 0.6) is 0 Å². The Bertz CT molecular complexity index is 1140. The van der Waals surface area contributed by atoms with Crippen LogP contribution in [-0.2, 0) is 9.59 Å². The summed E-state index contributed by atoms with van der Waals surface area (Å²) in [5.41, 5.74) is 2.64. The van der Waals surface area contributed by atoms with Crippen LogP contribution >= 0.6 is 11.3 Å². The van der Waals surface area contributed by atoms with Gasteiger partial charge in [0, 0.05) is 11.7 Å². The van der Waals surface area contributed by atoms with E-state index in [1.807, 2.05) is 32.0 Å². The molecule has 0 aliphatic heterocycles. The maximum Gasteiger partial charge on any atom is 0.261 e. The molecule has 3 amide bonds. The number of thiophene rings is 1. The fraction of sp³-hybridized carbons (Fsp3) is 0.346. The van der Waals surface area contributed by atoms with E-state index in [0.29, 0.717) is 16.3 Å². The lowest BCUT2D eigenvalue weighted by Crippen LogP contribution is -2.49. The van der Waals surface area contributed by atoms with Crippen molar-refractivity contribution in [1.82, 2.24) is 10.6 Å². The third-order valence-electron chi connectivity index (χ3n) is 6.20. The number of hydrogen-bond acceptors (Lipinski definition) is 5. The molecule has 1 atom stereocenters. The predicted molar refractivity (Wildman–Crippen MR) is 132 cm³/mol. The minimum Gasteiger partial charge on any atom is -0.467 e. The van der Waals surface area contributed by atoms with Gasteiger partial charge in [-0.05, 0) is 73.5 Å². The number of hydrogen-bond donors (Lipinski definition) is 2. The molecule has 1 aliphatic carbocycles. The molecule has 2 N–H and O–H groups in total. The summed E-state index contributed by atoms with van der Waals surface area (Å²) >= 11 is 1.30. The molecule has 3 aromatic rings. The van der Waals surface area contributed by atoms with Crippen molar-refractivity contribution in [2.45, 2.75) is 51.6 Å². The smallest absolute Gasteiger partial charge is 0.261 e. The number of anilines is 1. The molecule has 178 valence electrons. The third kappa shape index (κ3) is 5.39. The van der Waals surface area contributed by atoms with Gasteiger partial charge < -0.3 is 15.1 Å². The molecule has 1 aromatic carbocycles. The molecular weight excluding hydrogens is 450 g/mol. The quantitative estimate of drug-likeness (QED) is 0.497. The fourth-order valence-corrected chi connectivity index (χ4v) is 4.86. The molecule has 34 heavy (non-hydrogen) atoms. The Balaban J connectivity index is 1.66. The highest BCUT2D eigenvalue weighted by atomic mass is 32.1. The Morgan fingerprint density at radius 2 is 1.88 bits per heavy atom. The van der Waals surface area contributed by atoms with E-state index >= 15 is 0 Å². The van der Waals surface area contributed by atoms with Gasteiger partial charge in [-0.3, -0.25) is 19.3 Å². The van der Waals surface area contributed by atoms with Gasteiger partial charge in [0.1, 0.15) is 5.76 Å². The molecule has 8 heteroatoms. The Morgan fingerprint density at radius 3 is 2.53 bits per heavy atom. The zero-order chi connectivity index (χ0) is 24.1. The van der Waals surface area contributed by atoms with Crippen molar-refractivity contribution in [2.75, 3.05) is 11.4 Å². The van der Waals surface area contributed by atoms with Crippen LogP contribution in [0, 0.1) is 13.8 Å². The normalized spacial score (nSPS) is 14.5. The van der Waals surface area contributed by atoms with E-state index in [1.165, 1.54) is 22.5 Å². The standard InChI is InChI=1S/C26H29N3O4S/c1-17-11-12-20(15-18(17)2)29(23(30)16-27-25(31)22-10-6-14-34-22)24(21-9-5-13-33-21)26(32)28-19-7-3-4-8-19/h5-6,9-15,19,24H,3-4,7-8,16H2,1-2H3,(H,27,31)(H,28,32). The fourth-order valence-electron chi connectivity index (χ4n) is 4.22. The van der Waals surface area contributed by atoms with E-state index in [1.54, 1.807) is 29.6 Å². The number of amides is 3. The number of carbonyl (C=O) groups excluding carboxylic acids is 3. The summed E-state index contributed by atoms with van der Waals surface area (Å²) in [6.07, 6.45) is 5.48. The van der Waals surface area contributed by atoms with Gasteiger partial charge in [-0.25, -0.2) is 0 Å². The average Bonchev–Trinajstić information content (AvgIpc) is 3.61. The zero-order valence-electron chi connectivity index (χ0n) is 19.4. The topological polar surface area (TPSA) is 91.7 Å². The summed E-state index contributed by atoms with van der Waals surface area (Å²) in [7, 11) is 0. The van der Waals surface area contributed by atoms with Crippen molar-refractivity contribution in [3.05, 3.63) is 75.9 Å². The second-order valence-corrected chi connectivity index (χ2v) is 9.55. The maximum atomic E-state index is 13.6. The van der Waals surface area contributed by atoms with Crippen molar-refractivity contribution >= 4 is 34.7 Å². The number of nitrogens with zero attached hydrogens (tertiary/aromatic N) is 1. The van der Waals surface area contributed by atoms with Crippen molar-refractivity contribution in [3.63, 3.8) is 0 Å². The molecule has 7 nitrogen and oxygen atoms in total. The van der Waals surface area contributed by atoms with E-state index in [0.717, 1.165) is 36.8 Å². The second kappa shape index (κ2) is 10.7. The number of carbonyl (C=O) groups is 3. The Labute approximate surface area is 203 Å². The van der Waals surface area contributed by atoms with Gasteiger partial charge in [0.15, 0.2) is 6.04 Å². The van der Waals surface area contributed by atoms with Crippen molar-refractivity contribution in [2.24, 2.45) is 0 Å². The molecule has 0 bridgehead atoms. The molecular formula is C26H29N3O4S. The van der Waals surface area contributed by atoms with E-state index in [2.05, 4.69) is 10.6 Å². The van der Waals surface area contributed by atoms with Crippen molar-refractivity contribution < 1.29 is 18.8 Å². The average molecular weight is 480 g/mol. The van der Waals surface area contributed by atoms with Gasteiger partial charge in [0.05, 0.1) is 17.7 Å². The molecule has 4 rings (SSSR count). The molecule has 0 saturated heterocycles. The molecule has 0 radical (unpaired) electrons. The van der Waals surface area contributed by atoms with Crippen LogP contribution in [0.4, 0.5) is 5.69 Å². The number of nitrogens with one attached hydrogen (secondary N) is 2. The third-order valence-corrected chi connectivity index (χ3v) is 7.07. The van der Waals surface area contributed by atoms with E-state index in [9.17, 15) is 14.4 Å². The number of furan rings is 1. The molecule has 2 aromatic heterocycles. The van der Waals surface area contributed by atoms with Crippen LogP contribution in [0.15, 0.2) is 58.5 Å². The molecule has 1 unspecified atom stereocenters. The summed E-state index contributed by atoms with van der Waals surface area (Å²) in [6, 6.07) is 11.6. The van der Waals surface area contributed by atoms with E-state index in [-0.39, 0.29) is 24.4 Å². The SMILES string of the molecule is Cc1ccc(N(C(=O)CNC(=O)c2cccs2)C(C(=O)NC2CCCC2)c2ccco2)cc1C. The Hall–Kier alpha value is -3.39. The molecule has 2 heterocycles. The first-order chi connectivity index (χ1) is 16.4. The minimum absolute atomic E-state index is 0.0835. The largest absolute Gasteiger partial charge is 0.467 e. The highest BCUT2D eigenvalue weighted by Crippen LogP contribution is 2.31. The lowest BCUT2D eigenvalue weighted by molar-refractivity contribution is -0.127. The summed E-state index contributed by atoms with van der Waals surface area (Å²) in [5, 5.41) is 7.60. The van der Waals surface area contributed by atoms with Gasteiger partial charge >= 0.3 is 0 Å². The number of benzene rings is 1. The van der Waals surface area contributed by atoms with Crippen molar-refractivity contribution in [3.8, 4) is 0 Å². The molecule has 0 spiro atoms. The van der Waals surface area contributed by atoms with E-state index in [4.69, 9.17) is 4.42 Å². The summed E-state index contributed by atoms with van der Waals surface area (Å²) < 4.78 is 5.63. The number of rotatable bonds is 8. The predicted octanol–water partition coefficient (Wildman–Crippen LogP) is 4.52. The lowest BCUT2D eigenvalue weighted by atomic mass is 10.1. The first kappa shape index (κ1) is 23.8. The maximum absolute atomic E-state index is 13.6. The van der Waals surface area contributed by atoms with Gasteiger partial charge in [-0.1, -0.05) is 25.0 Å². The minimum atomic E-state index is -0.996. The first-order valence-electron chi connectivity index (χ1n) is 11.5. The Morgan fingerprint density at radius 1 is 1.09 bits per heavy atom. The second-order valence-electron chi connectivity index (χ2n) is 8.60. The zero-order valence-corrected chi connectivity index (χ0v) is 20.2. The highest BCUT2D eigenvalue weighted by Gasteiger charge is 2.36. The van der Waals surface area contributed by atoms with E-state index < -0.39 is 11.9 Å². The summed E-state index contributed by atoms with van der Waals surface area (Å²) in [4.78, 5) is 41.5. The molecule has 1 fully saturated rings. The van der Waals surface area contributed by atoms with Crippen LogP contribution in [-0.4, -0.2) is 30.3 Å². The summed E-state index contributed by atoms with van der Waals surface area (Å²) in [6.45, 7) is 3.70. The highest BCUT2D eigenvalue weighted by molar-refractivity contribution is 7.12. The van der Waals surface area contributed by atoms with Crippen molar-refractivity contribution in [1.29, 1.82) is 0 Å². The lowest BCUT2D eigenvalue weighted by Gasteiger charge is -2.31. The summed E-state index contributed by atoms with van der Waals surface area (Å²) in [5.74, 6) is -0.658. The first-order valence-corrected chi connectivity index (χ1v) is 12.4. The monoisotopic (exact) mass is 479 g/mol.